The van der Waals surface area contributed by atoms with Crippen LogP contribution in [-0.4, -0.2) is 26.4 Å². The third-order valence-electron chi connectivity index (χ3n) is 5.00. The molecule has 1 aliphatic rings. The first kappa shape index (κ1) is 16.7. The van der Waals surface area contributed by atoms with Crippen LogP contribution in [0.25, 0.3) is 11.4 Å². The van der Waals surface area contributed by atoms with Gasteiger partial charge in [0.25, 0.3) is 5.56 Å². The number of nitrogens with zero attached hydrogens (tertiary/aromatic N) is 3. The van der Waals surface area contributed by atoms with Gasteiger partial charge < -0.3 is 4.98 Å². The Kier molecular flexibility index (Phi) is 4.63. The van der Waals surface area contributed by atoms with E-state index in [0.29, 0.717) is 12.4 Å². The lowest BCUT2D eigenvalue weighted by molar-refractivity contribution is 0.240. The first-order chi connectivity index (χ1) is 12.7. The molecule has 3 aromatic rings. The summed E-state index contributed by atoms with van der Waals surface area (Å²) in [6.45, 7) is 4.66. The highest BCUT2D eigenvalue weighted by Crippen LogP contribution is 2.21. The molecule has 1 aromatic carbocycles. The second kappa shape index (κ2) is 7.22. The van der Waals surface area contributed by atoms with Gasteiger partial charge in [0.05, 0.1) is 5.69 Å². The molecule has 0 saturated carbocycles. The van der Waals surface area contributed by atoms with Crippen LogP contribution in [-0.2, 0) is 25.9 Å². The molecule has 0 radical (unpaired) electrons. The van der Waals surface area contributed by atoms with Crippen molar-refractivity contribution >= 4 is 0 Å². The number of aryl methyl sites for hydroxylation is 1. The number of H-pyrrole nitrogens is 1. The Morgan fingerprint density at radius 1 is 1.12 bits per heavy atom. The van der Waals surface area contributed by atoms with Gasteiger partial charge in [-0.25, -0.2) is 4.98 Å². The van der Waals surface area contributed by atoms with E-state index in [1.165, 1.54) is 11.1 Å². The second-order valence-electron chi connectivity index (χ2n) is 6.66. The Labute approximate surface area is 152 Å². The van der Waals surface area contributed by atoms with E-state index in [1.807, 2.05) is 12.1 Å². The smallest absolute Gasteiger partial charge is 0.254 e. The van der Waals surface area contributed by atoms with Gasteiger partial charge >= 0.3 is 0 Å². The quantitative estimate of drug-likeness (QED) is 0.789. The van der Waals surface area contributed by atoms with E-state index in [-0.39, 0.29) is 5.56 Å². The molecule has 0 fully saturated rings. The lowest BCUT2D eigenvalue weighted by Crippen LogP contribution is -2.35. The van der Waals surface area contributed by atoms with Crippen molar-refractivity contribution in [2.24, 2.45) is 0 Å². The molecule has 0 saturated heterocycles. The first-order valence-corrected chi connectivity index (χ1v) is 9.06. The van der Waals surface area contributed by atoms with E-state index in [0.717, 1.165) is 42.8 Å². The fourth-order valence-corrected chi connectivity index (χ4v) is 3.57. The molecule has 0 spiro atoms. The van der Waals surface area contributed by atoms with Crippen LogP contribution in [0, 0.1) is 0 Å². The van der Waals surface area contributed by atoms with Crippen LogP contribution < -0.4 is 5.56 Å². The predicted octanol–water partition coefficient (Wildman–Crippen LogP) is 2.95. The maximum atomic E-state index is 12.5. The van der Waals surface area contributed by atoms with Crippen LogP contribution in [0.3, 0.4) is 0 Å². The van der Waals surface area contributed by atoms with Crippen molar-refractivity contribution < 1.29 is 0 Å². The van der Waals surface area contributed by atoms with Crippen molar-refractivity contribution in [3.63, 3.8) is 0 Å². The van der Waals surface area contributed by atoms with Crippen molar-refractivity contribution in [2.75, 3.05) is 6.54 Å². The number of aromatic amines is 1. The highest BCUT2D eigenvalue weighted by atomic mass is 16.1. The minimum atomic E-state index is -0.0181. The average Bonchev–Trinajstić information content (AvgIpc) is 2.69. The predicted molar refractivity (Wildman–Crippen MR) is 102 cm³/mol. The summed E-state index contributed by atoms with van der Waals surface area (Å²) in [5, 5.41) is 0. The Bertz CT molecular complexity index is 965. The minimum Gasteiger partial charge on any atom is -0.306 e. The summed E-state index contributed by atoms with van der Waals surface area (Å²) in [6, 6.07) is 12.3. The van der Waals surface area contributed by atoms with Gasteiger partial charge in [-0.3, -0.25) is 14.7 Å². The van der Waals surface area contributed by atoms with Crippen LogP contribution in [0.15, 0.2) is 53.6 Å². The maximum absolute atomic E-state index is 12.5. The van der Waals surface area contributed by atoms with Crippen molar-refractivity contribution in [1.29, 1.82) is 0 Å². The number of fused-ring (bicyclic) bond motifs is 1. The number of benzene rings is 1. The second-order valence-corrected chi connectivity index (χ2v) is 6.66. The third kappa shape index (κ3) is 3.30. The number of rotatable bonds is 4. The lowest BCUT2D eigenvalue weighted by atomic mass is 10.0. The van der Waals surface area contributed by atoms with Crippen LogP contribution in [0.1, 0.15) is 29.3 Å². The lowest BCUT2D eigenvalue weighted by Gasteiger charge is -2.28. The molecule has 26 heavy (non-hydrogen) atoms. The number of pyridine rings is 1. The average molecular weight is 346 g/mol. The van der Waals surface area contributed by atoms with Gasteiger partial charge in [-0.05, 0) is 36.1 Å². The zero-order valence-electron chi connectivity index (χ0n) is 14.9. The molecule has 5 nitrogen and oxygen atoms in total. The monoisotopic (exact) mass is 346 g/mol. The molecule has 0 amide bonds. The molecule has 4 rings (SSSR count). The largest absolute Gasteiger partial charge is 0.306 e. The van der Waals surface area contributed by atoms with E-state index < -0.39 is 0 Å². The molecule has 5 heteroatoms. The van der Waals surface area contributed by atoms with Crippen LogP contribution in [0.5, 0.6) is 0 Å². The van der Waals surface area contributed by atoms with Crippen LogP contribution in [0.4, 0.5) is 0 Å². The Hall–Kier alpha value is -2.79. The van der Waals surface area contributed by atoms with E-state index in [1.54, 1.807) is 12.4 Å². The highest BCUT2D eigenvalue weighted by Gasteiger charge is 2.22. The van der Waals surface area contributed by atoms with E-state index >= 15 is 0 Å². The number of hydrogen-bond acceptors (Lipinski definition) is 4. The number of aromatic nitrogens is 3. The number of nitrogens with one attached hydrogen (secondary N) is 1. The van der Waals surface area contributed by atoms with Gasteiger partial charge in [0.2, 0.25) is 0 Å². The van der Waals surface area contributed by atoms with Gasteiger partial charge in [-0.15, -0.1) is 0 Å². The molecule has 1 N–H and O–H groups in total. The zero-order chi connectivity index (χ0) is 17.9. The number of hydrogen-bond donors (Lipinski definition) is 1. The molecule has 0 aliphatic carbocycles. The van der Waals surface area contributed by atoms with Gasteiger partial charge in [0.15, 0.2) is 0 Å². The fraction of sp³-hybridized carbons (Fsp3) is 0.286. The highest BCUT2D eigenvalue weighted by molar-refractivity contribution is 5.54. The summed E-state index contributed by atoms with van der Waals surface area (Å²) in [7, 11) is 0. The zero-order valence-corrected chi connectivity index (χ0v) is 14.9. The fourth-order valence-electron chi connectivity index (χ4n) is 3.57. The van der Waals surface area contributed by atoms with Gasteiger partial charge in [-0.2, -0.15) is 0 Å². The summed E-state index contributed by atoms with van der Waals surface area (Å²) in [4.78, 5) is 26.6. The Morgan fingerprint density at radius 3 is 2.65 bits per heavy atom. The summed E-state index contributed by atoms with van der Waals surface area (Å²) < 4.78 is 0. The Balaban J connectivity index is 1.62. The van der Waals surface area contributed by atoms with E-state index in [4.69, 9.17) is 4.98 Å². The SMILES string of the molecule is CCc1ccccc1CN1CCc2c(nc(-c3ccncc3)[nH]c2=O)C1. The molecule has 2 aromatic heterocycles. The Morgan fingerprint density at radius 2 is 1.88 bits per heavy atom. The molecule has 0 unspecified atom stereocenters. The summed E-state index contributed by atoms with van der Waals surface area (Å²) in [5.74, 6) is 0.618. The molecule has 0 atom stereocenters. The molecule has 132 valence electrons. The summed E-state index contributed by atoms with van der Waals surface area (Å²) in [6.07, 6.45) is 5.19. The van der Waals surface area contributed by atoms with Crippen molar-refractivity contribution in [2.45, 2.75) is 32.9 Å². The maximum Gasteiger partial charge on any atom is 0.254 e. The van der Waals surface area contributed by atoms with E-state index in [9.17, 15) is 4.79 Å². The van der Waals surface area contributed by atoms with Crippen molar-refractivity contribution in [3.05, 3.63) is 81.5 Å². The molecule has 0 bridgehead atoms. The standard InChI is InChI=1S/C21H22N4O/c1-2-15-5-3-4-6-17(15)13-25-12-9-18-19(14-25)23-20(24-21(18)26)16-7-10-22-11-8-16/h3-8,10-11H,2,9,12-14H2,1H3,(H,23,24,26). The first-order valence-electron chi connectivity index (χ1n) is 9.06. The molecular weight excluding hydrogens is 324 g/mol. The van der Waals surface area contributed by atoms with Crippen molar-refractivity contribution in [3.8, 4) is 11.4 Å². The van der Waals surface area contributed by atoms with Crippen molar-refractivity contribution in [1.82, 2.24) is 19.9 Å². The van der Waals surface area contributed by atoms with Crippen LogP contribution >= 0.6 is 0 Å². The van der Waals surface area contributed by atoms with Crippen LogP contribution in [0.2, 0.25) is 0 Å². The van der Waals surface area contributed by atoms with Gasteiger partial charge in [0, 0.05) is 43.2 Å². The summed E-state index contributed by atoms with van der Waals surface area (Å²) >= 11 is 0. The third-order valence-corrected chi connectivity index (χ3v) is 5.00. The molecular formula is C21H22N4O. The summed E-state index contributed by atoms with van der Waals surface area (Å²) in [5.41, 5.74) is 5.32. The molecule has 1 aliphatic heterocycles. The van der Waals surface area contributed by atoms with Gasteiger partial charge in [0.1, 0.15) is 5.82 Å². The molecule has 3 heterocycles. The van der Waals surface area contributed by atoms with Gasteiger partial charge in [-0.1, -0.05) is 31.2 Å². The van der Waals surface area contributed by atoms with E-state index in [2.05, 4.69) is 46.1 Å². The minimum absolute atomic E-state index is 0.0181. The normalized spacial score (nSPS) is 14.2. The topological polar surface area (TPSA) is 61.9 Å².